The van der Waals surface area contributed by atoms with Gasteiger partial charge in [0.2, 0.25) is 0 Å². The van der Waals surface area contributed by atoms with Crippen LogP contribution in [0.15, 0.2) is 82.6 Å². The van der Waals surface area contributed by atoms with Gasteiger partial charge in [-0.2, -0.15) is 0 Å². The molecule has 0 bridgehead atoms. The number of ether oxygens (including phenoxy) is 2. The third-order valence-electron chi connectivity index (χ3n) is 6.17. The number of benzene rings is 2. The molecule has 2 aromatic carbocycles. The molecule has 0 aliphatic carbocycles. The first-order chi connectivity index (χ1) is 18.2. The first kappa shape index (κ1) is 31.7. The number of hydrogen-bond donors (Lipinski definition) is 0. The summed E-state index contributed by atoms with van der Waals surface area (Å²) in [6, 6.07) is 15.3. The highest BCUT2D eigenvalue weighted by Gasteiger charge is 2.41. The molecule has 0 heterocycles. The summed E-state index contributed by atoms with van der Waals surface area (Å²) >= 11 is 0. The molecule has 0 saturated heterocycles. The van der Waals surface area contributed by atoms with Gasteiger partial charge in [-0.1, -0.05) is 75.9 Å². The fourth-order valence-electron chi connectivity index (χ4n) is 4.10. The van der Waals surface area contributed by atoms with Gasteiger partial charge in [0.15, 0.2) is 24.3 Å². The van der Waals surface area contributed by atoms with Crippen LogP contribution in [0.1, 0.15) is 65.7 Å². The third-order valence-corrected chi connectivity index (χ3v) is 11.3. The smallest absolute Gasteiger partial charge is 0.330 e. The van der Waals surface area contributed by atoms with Crippen molar-refractivity contribution >= 4 is 25.6 Å². The number of carbonyl (C=O) groups excluding carboxylic acids is 1. The Hall–Kier alpha value is -2.49. The van der Waals surface area contributed by atoms with Gasteiger partial charge in [0.05, 0.1) is 28.6 Å². The fourth-order valence-corrected chi connectivity index (χ4v) is 8.72. The third kappa shape index (κ3) is 9.36. The molecule has 0 aliphatic heterocycles. The molecule has 2 rings (SSSR count). The zero-order valence-corrected chi connectivity index (χ0v) is 24.1. The van der Waals surface area contributed by atoms with E-state index in [2.05, 4.69) is 6.92 Å². The first-order valence-corrected chi connectivity index (χ1v) is 16.3. The van der Waals surface area contributed by atoms with Crippen LogP contribution in [-0.2, 0) is 33.9 Å². The van der Waals surface area contributed by atoms with Crippen molar-refractivity contribution in [1.82, 2.24) is 0 Å². The van der Waals surface area contributed by atoms with E-state index in [1.54, 1.807) is 49.4 Å². The number of rotatable bonds is 17. The molecular weight excluding hydrogens is 524 g/mol. The number of esters is 1. The Bertz CT molecular complexity index is 1140. The number of carbonyl (C=O) groups is 1. The monoisotopic (exact) mass is 564 g/mol. The van der Waals surface area contributed by atoms with Crippen LogP contribution in [0.4, 0.5) is 0 Å². The highest BCUT2D eigenvalue weighted by Crippen LogP contribution is 2.31. The van der Waals surface area contributed by atoms with Crippen LogP contribution in [0.25, 0.3) is 0 Å². The average molecular weight is 565 g/mol. The normalized spacial score (nSPS) is 14.0. The van der Waals surface area contributed by atoms with Gasteiger partial charge in [0, 0.05) is 12.5 Å². The predicted octanol–water partition coefficient (Wildman–Crippen LogP) is 5.90. The Balaban J connectivity index is 2.47. The van der Waals surface area contributed by atoms with E-state index in [4.69, 9.17) is 9.47 Å². The zero-order valence-electron chi connectivity index (χ0n) is 22.5. The maximum Gasteiger partial charge on any atom is 0.330 e. The van der Waals surface area contributed by atoms with Crippen LogP contribution >= 0.6 is 0 Å². The van der Waals surface area contributed by atoms with Gasteiger partial charge in [-0.25, -0.2) is 21.6 Å². The van der Waals surface area contributed by atoms with E-state index in [0.717, 1.165) is 25.7 Å². The summed E-state index contributed by atoms with van der Waals surface area (Å²) in [7, 11) is -8.55. The molecular formula is C29H40O7S2. The molecule has 1 unspecified atom stereocenters. The van der Waals surface area contributed by atoms with Crippen LogP contribution in [0, 0.1) is 0 Å². The van der Waals surface area contributed by atoms with Crippen molar-refractivity contribution in [3.63, 3.8) is 0 Å². The van der Waals surface area contributed by atoms with Gasteiger partial charge in [-0.05, 0) is 50.1 Å². The van der Waals surface area contributed by atoms with Crippen LogP contribution in [0.2, 0.25) is 0 Å². The minimum absolute atomic E-state index is 0.0523. The van der Waals surface area contributed by atoms with Crippen molar-refractivity contribution in [2.75, 3.05) is 6.61 Å². The van der Waals surface area contributed by atoms with E-state index in [0.29, 0.717) is 12.8 Å². The fraction of sp³-hybridized carbons (Fsp3) is 0.483. The number of sulfone groups is 2. The molecule has 0 amide bonds. The molecule has 210 valence electrons. The molecule has 7 nitrogen and oxygen atoms in total. The van der Waals surface area contributed by atoms with Crippen LogP contribution in [0.3, 0.4) is 0 Å². The molecule has 38 heavy (non-hydrogen) atoms. The van der Waals surface area contributed by atoms with E-state index < -0.39 is 42.4 Å². The molecule has 9 heteroatoms. The maximum atomic E-state index is 13.8. The van der Waals surface area contributed by atoms with Gasteiger partial charge >= 0.3 is 5.97 Å². The van der Waals surface area contributed by atoms with Crippen LogP contribution < -0.4 is 0 Å². The van der Waals surface area contributed by atoms with Gasteiger partial charge in [-0.15, -0.1) is 0 Å². The van der Waals surface area contributed by atoms with Crippen molar-refractivity contribution in [2.45, 2.75) is 92.3 Å². The van der Waals surface area contributed by atoms with Gasteiger partial charge in [-0.3, -0.25) is 0 Å². The molecule has 0 N–H and O–H groups in total. The first-order valence-electron chi connectivity index (χ1n) is 13.2. The minimum atomic E-state index is -4.27. The summed E-state index contributed by atoms with van der Waals surface area (Å²) in [5, 5.41) is 0. The van der Waals surface area contributed by atoms with E-state index in [-0.39, 0.29) is 22.8 Å². The standard InChI is InChI=1S/C29H40O7S2/c1-4-7-8-11-16-25(36-24(5-2)21-22-28(30)35-6-3)23-29(37(31,32)26-17-12-9-13-18-26)38(33,34)27-19-14-10-15-20-27/h9-10,12-15,17-22,24-25,29H,4-8,11,16,23H2,1-3H3/b22-21+/t24?,25-/m0/s1. The van der Waals surface area contributed by atoms with E-state index in [1.807, 2.05) is 6.92 Å². The quantitative estimate of drug-likeness (QED) is 0.134. The molecule has 0 aromatic heterocycles. The Kier molecular flexibility index (Phi) is 13.2. The van der Waals surface area contributed by atoms with Crippen molar-refractivity contribution in [2.24, 2.45) is 0 Å². The molecule has 2 aromatic rings. The lowest BCUT2D eigenvalue weighted by Gasteiger charge is -2.27. The summed E-state index contributed by atoms with van der Waals surface area (Å²) < 4.78 is 64.7. The van der Waals surface area contributed by atoms with Crippen LogP contribution in [-0.4, -0.2) is 46.2 Å². The van der Waals surface area contributed by atoms with Gasteiger partial charge < -0.3 is 9.47 Å². The molecule has 2 atom stereocenters. The highest BCUT2D eigenvalue weighted by atomic mass is 32.3. The lowest BCUT2D eigenvalue weighted by molar-refractivity contribution is -0.137. The molecule has 0 saturated carbocycles. The lowest BCUT2D eigenvalue weighted by atomic mass is 10.1. The van der Waals surface area contributed by atoms with Crippen molar-refractivity contribution < 1.29 is 31.1 Å². The van der Waals surface area contributed by atoms with E-state index in [1.165, 1.54) is 30.3 Å². The second-order valence-electron chi connectivity index (χ2n) is 9.05. The summed E-state index contributed by atoms with van der Waals surface area (Å²) in [5.41, 5.74) is 0. The Morgan fingerprint density at radius 3 is 1.84 bits per heavy atom. The minimum Gasteiger partial charge on any atom is -0.463 e. The van der Waals surface area contributed by atoms with Crippen molar-refractivity contribution in [1.29, 1.82) is 0 Å². The summed E-state index contributed by atoms with van der Waals surface area (Å²) in [6.45, 7) is 5.94. The van der Waals surface area contributed by atoms with E-state index in [9.17, 15) is 21.6 Å². The number of hydrogen-bond acceptors (Lipinski definition) is 7. The molecule has 0 fully saturated rings. The summed E-state index contributed by atoms with van der Waals surface area (Å²) in [5.74, 6) is -0.495. The second-order valence-corrected chi connectivity index (χ2v) is 13.6. The molecule has 0 radical (unpaired) electrons. The predicted molar refractivity (Wildman–Crippen MR) is 149 cm³/mol. The second kappa shape index (κ2) is 15.8. The zero-order chi connectivity index (χ0) is 28.0. The Labute approximate surface area is 228 Å². The largest absolute Gasteiger partial charge is 0.463 e. The van der Waals surface area contributed by atoms with Gasteiger partial charge in [0.25, 0.3) is 0 Å². The molecule has 0 spiro atoms. The highest BCUT2D eigenvalue weighted by molar-refractivity contribution is 8.09. The number of unbranched alkanes of at least 4 members (excludes halogenated alkanes) is 3. The van der Waals surface area contributed by atoms with Gasteiger partial charge in [0.1, 0.15) is 0 Å². The topological polar surface area (TPSA) is 104 Å². The Morgan fingerprint density at radius 2 is 1.37 bits per heavy atom. The molecule has 0 aliphatic rings. The lowest BCUT2D eigenvalue weighted by Crippen LogP contribution is -2.36. The van der Waals surface area contributed by atoms with Crippen LogP contribution in [0.5, 0.6) is 0 Å². The Morgan fingerprint density at radius 1 is 0.816 bits per heavy atom. The van der Waals surface area contributed by atoms with E-state index >= 15 is 0 Å². The average Bonchev–Trinajstić information content (AvgIpc) is 2.92. The van der Waals surface area contributed by atoms with Crippen molar-refractivity contribution in [3.05, 3.63) is 72.8 Å². The SMILES string of the molecule is CCCCCC[C@@H](CC(S(=O)(=O)c1ccccc1)S(=O)(=O)c1ccccc1)OC(/C=C/C(=O)OCC)CC. The summed E-state index contributed by atoms with van der Waals surface area (Å²) in [4.78, 5) is 11.7. The summed E-state index contributed by atoms with van der Waals surface area (Å²) in [6.07, 6.45) is 6.23. The maximum absolute atomic E-state index is 13.8. The van der Waals surface area contributed by atoms with Crippen molar-refractivity contribution in [3.8, 4) is 0 Å².